The lowest BCUT2D eigenvalue weighted by molar-refractivity contribution is 0.101. The third kappa shape index (κ3) is 2.01. The molecule has 0 saturated carbocycles. The van der Waals surface area contributed by atoms with Gasteiger partial charge in [-0.15, -0.1) is 0 Å². The predicted octanol–water partition coefficient (Wildman–Crippen LogP) is 2.70. The Morgan fingerprint density at radius 2 is 1.83 bits per heavy atom. The Morgan fingerprint density at radius 3 is 2.28 bits per heavy atom. The van der Waals surface area contributed by atoms with Gasteiger partial charge in [-0.3, -0.25) is 4.79 Å². The van der Waals surface area contributed by atoms with Crippen molar-refractivity contribution in [3.05, 3.63) is 41.2 Å². The van der Waals surface area contributed by atoms with Crippen LogP contribution in [0.5, 0.6) is 5.75 Å². The summed E-state index contributed by atoms with van der Waals surface area (Å²) < 4.78 is 6.90. The molecule has 0 spiro atoms. The highest BCUT2D eigenvalue weighted by atomic mass is 16.5. The van der Waals surface area contributed by atoms with Gasteiger partial charge in [0.15, 0.2) is 5.78 Å². The van der Waals surface area contributed by atoms with Crippen molar-refractivity contribution in [2.24, 2.45) is 0 Å². The largest absolute Gasteiger partial charge is 0.497 e. The zero-order chi connectivity index (χ0) is 13.3. The number of carbonyl (C=O) groups excluding carboxylic acids is 1. The lowest BCUT2D eigenvalue weighted by Gasteiger charge is -2.06. The maximum absolute atomic E-state index is 11.6. The summed E-state index contributed by atoms with van der Waals surface area (Å²) in [5.41, 5.74) is 3.25. The molecule has 1 heterocycles. The third-order valence-corrected chi connectivity index (χ3v) is 2.96. The van der Waals surface area contributed by atoms with E-state index in [4.69, 9.17) is 4.74 Å². The number of rotatable bonds is 3. The number of hydrogen-bond donors (Lipinski definition) is 0. The van der Waals surface area contributed by atoms with Crippen molar-refractivity contribution in [2.75, 3.05) is 7.11 Å². The molecule has 0 N–H and O–H groups in total. The molecule has 2 rings (SSSR count). The molecular formula is C14H16N2O2. The minimum atomic E-state index is 0.0461. The highest BCUT2D eigenvalue weighted by Crippen LogP contribution is 2.20. The first-order valence-electron chi connectivity index (χ1n) is 5.76. The van der Waals surface area contributed by atoms with Crippen LogP contribution in [0.4, 0.5) is 0 Å². The van der Waals surface area contributed by atoms with Crippen molar-refractivity contribution >= 4 is 5.78 Å². The molecule has 0 saturated heterocycles. The number of Topliss-reactive ketones (excluding diaryl/α,β-unsaturated/α-hetero) is 1. The molecule has 0 aliphatic heterocycles. The van der Waals surface area contributed by atoms with E-state index < -0.39 is 0 Å². The maximum Gasteiger partial charge on any atom is 0.163 e. The molecule has 0 amide bonds. The fourth-order valence-corrected chi connectivity index (χ4v) is 2.13. The average Bonchev–Trinajstić information content (AvgIpc) is 2.65. The molecule has 0 atom stereocenters. The van der Waals surface area contributed by atoms with Crippen molar-refractivity contribution in [1.29, 1.82) is 0 Å². The molecule has 18 heavy (non-hydrogen) atoms. The smallest absolute Gasteiger partial charge is 0.163 e. The van der Waals surface area contributed by atoms with Gasteiger partial charge in [-0.25, -0.2) is 4.68 Å². The van der Waals surface area contributed by atoms with Crippen LogP contribution in [-0.4, -0.2) is 22.7 Å². The second-order valence-corrected chi connectivity index (χ2v) is 4.21. The highest BCUT2D eigenvalue weighted by molar-refractivity contribution is 5.96. The molecule has 0 fully saturated rings. The highest BCUT2D eigenvalue weighted by Gasteiger charge is 2.15. The summed E-state index contributed by atoms with van der Waals surface area (Å²) in [6, 6.07) is 7.59. The average molecular weight is 244 g/mol. The molecule has 0 aliphatic carbocycles. The van der Waals surface area contributed by atoms with E-state index in [1.54, 1.807) is 18.7 Å². The Bertz CT molecular complexity index is 583. The van der Waals surface area contributed by atoms with Crippen molar-refractivity contribution in [2.45, 2.75) is 20.8 Å². The second-order valence-electron chi connectivity index (χ2n) is 4.21. The van der Waals surface area contributed by atoms with Gasteiger partial charge in [-0.05, 0) is 45.0 Å². The number of methoxy groups -OCH3 is 1. The molecule has 2 aromatic rings. The number of ketones is 1. The van der Waals surface area contributed by atoms with Crippen molar-refractivity contribution in [3.8, 4) is 11.4 Å². The maximum atomic E-state index is 11.6. The monoisotopic (exact) mass is 244 g/mol. The second kappa shape index (κ2) is 4.64. The van der Waals surface area contributed by atoms with Crippen molar-refractivity contribution in [1.82, 2.24) is 9.78 Å². The Balaban J connectivity index is 2.50. The van der Waals surface area contributed by atoms with Gasteiger partial charge >= 0.3 is 0 Å². The molecule has 4 nitrogen and oxygen atoms in total. The Hall–Kier alpha value is -2.10. The summed E-state index contributed by atoms with van der Waals surface area (Å²) in [6.07, 6.45) is 0. The van der Waals surface area contributed by atoms with E-state index in [0.717, 1.165) is 22.8 Å². The molecule has 94 valence electrons. The lowest BCUT2D eigenvalue weighted by atomic mass is 10.1. The van der Waals surface area contributed by atoms with E-state index in [0.29, 0.717) is 5.56 Å². The number of ether oxygens (including phenoxy) is 1. The van der Waals surface area contributed by atoms with Gasteiger partial charge in [0.25, 0.3) is 0 Å². The third-order valence-electron chi connectivity index (χ3n) is 2.96. The standard InChI is InChI=1S/C14H16N2O2/c1-9-14(11(3)17)10(2)16(15-9)12-5-7-13(18-4)8-6-12/h5-8H,1-4H3. The van der Waals surface area contributed by atoms with E-state index in [1.807, 2.05) is 38.1 Å². The van der Waals surface area contributed by atoms with E-state index in [1.165, 1.54) is 0 Å². The van der Waals surface area contributed by atoms with E-state index in [-0.39, 0.29) is 5.78 Å². The molecule has 0 aliphatic rings. The van der Waals surface area contributed by atoms with Crippen LogP contribution in [0.1, 0.15) is 28.7 Å². The molecule has 1 aromatic carbocycles. The van der Waals surface area contributed by atoms with Crippen LogP contribution in [0.15, 0.2) is 24.3 Å². The number of benzene rings is 1. The van der Waals surface area contributed by atoms with Crippen molar-refractivity contribution < 1.29 is 9.53 Å². The quantitative estimate of drug-likeness (QED) is 0.780. The van der Waals surface area contributed by atoms with Gasteiger partial charge in [0.05, 0.1) is 29.7 Å². The summed E-state index contributed by atoms with van der Waals surface area (Å²) in [5, 5.41) is 4.41. The number of aryl methyl sites for hydroxylation is 1. The van der Waals surface area contributed by atoms with Crippen LogP contribution >= 0.6 is 0 Å². The first kappa shape index (κ1) is 12.4. The minimum absolute atomic E-state index is 0.0461. The topological polar surface area (TPSA) is 44.1 Å². The molecule has 0 unspecified atom stereocenters. The summed E-state index contributed by atoms with van der Waals surface area (Å²) in [5.74, 6) is 0.844. The Kier molecular flexibility index (Phi) is 3.19. The summed E-state index contributed by atoms with van der Waals surface area (Å²) in [4.78, 5) is 11.6. The first-order chi connectivity index (χ1) is 8.54. The van der Waals surface area contributed by atoms with E-state index in [2.05, 4.69) is 5.10 Å². The number of nitrogens with zero attached hydrogens (tertiary/aromatic N) is 2. The molecule has 0 radical (unpaired) electrons. The minimum Gasteiger partial charge on any atom is -0.497 e. The van der Waals surface area contributed by atoms with Gasteiger partial charge in [-0.2, -0.15) is 5.10 Å². The van der Waals surface area contributed by atoms with Crippen LogP contribution in [0.25, 0.3) is 5.69 Å². The Morgan fingerprint density at radius 1 is 1.22 bits per heavy atom. The Labute approximate surface area is 106 Å². The molecule has 4 heteroatoms. The van der Waals surface area contributed by atoms with Crippen LogP contribution < -0.4 is 4.74 Å². The van der Waals surface area contributed by atoms with Crippen LogP contribution in [0.2, 0.25) is 0 Å². The normalized spacial score (nSPS) is 10.4. The van der Waals surface area contributed by atoms with Gasteiger partial charge < -0.3 is 4.74 Å². The van der Waals surface area contributed by atoms with E-state index >= 15 is 0 Å². The zero-order valence-corrected chi connectivity index (χ0v) is 11.0. The van der Waals surface area contributed by atoms with Gasteiger partial charge in [0, 0.05) is 0 Å². The molecule has 0 bridgehead atoms. The van der Waals surface area contributed by atoms with Crippen LogP contribution in [0.3, 0.4) is 0 Å². The van der Waals surface area contributed by atoms with Crippen molar-refractivity contribution in [3.63, 3.8) is 0 Å². The van der Waals surface area contributed by atoms with Crippen LogP contribution in [0, 0.1) is 13.8 Å². The zero-order valence-electron chi connectivity index (χ0n) is 11.0. The number of carbonyl (C=O) groups is 1. The predicted molar refractivity (Wildman–Crippen MR) is 69.6 cm³/mol. The molecular weight excluding hydrogens is 228 g/mol. The molecule has 1 aromatic heterocycles. The van der Waals surface area contributed by atoms with Gasteiger partial charge in [0.2, 0.25) is 0 Å². The lowest BCUT2D eigenvalue weighted by Crippen LogP contribution is -2.01. The van der Waals surface area contributed by atoms with Gasteiger partial charge in [-0.1, -0.05) is 0 Å². The number of aromatic nitrogens is 2. The van der Waals surface area contributed by atoms with E-state index in [9.17, 15) is 4.79 Å². The van der Waals surface area contributed by atoms with Gasteiger partial charge in [0.1, 0.15) is 5.75 Å². The summed E-state index contributed by atoms with van der Waals surface area (Å²) in [6.45, 7) is 5.32. The summed E-state index contributed by atoms with van der Waals surface area (Å²) >= 11 is 0. The number of hydrogen-bond acceptors (Lipinski definition) is 3. The fourth-order valence-electron chi connectivity index (χ4n) is 2.13. The fraction of sp³-hybridized carbons (Fsp3) is 0.286. The van der Waals surface area contributed by atoms with Crippen LogP contribution in [-0.2, 0) is 0 Å². The SMILES string of the molecule is COc1ccc(-n2nc(C)c(C(C)=O)c2C)cc1. The first-order valence-corrected chi connectivity index (χ1v) is 5.76. The summed E-state index contributed by atoms with van der Waals surface area (Å²) in [7, 11) is 1.63.